The van der Waals surface area contributed by atoms with E-state index >= 15 is 0 Å². The average Bonchev–Trinajstić information content (AvgIpc) is 2.56. The van der Waals surface area contributed by atoms with Gasteiger partial charge in [0.2, 0.25) is 0 Å². The molecule has 1 atom stereocenters. The molecule has 0 heterocycles. The fourth-order valence-electron chi connectivity index (χ4n) is 1.90. The molecular formula is C17H25N3O5. The van der Waals surface area contributed by atoms with Crippen molar-refractivity contribution in [2.45, 2.75) is 26.9 Å². The van der Waals surface area contributed by atoms with Gasteiger partial charge in [-0.2, -0.15) is 5.10 Å². The van der Waals surface area contributed by atoms with Crippen molar-refractivity contribution in [1.29, 1.82) is 0 Å². The second-order valence-electron chi connectivity index (χ2n) is 5.22. The summed E-state index contributed by atoms with van der Waals surface area (Å²) in [5, 5.41) is 3.80. The number of hydrazone groups is 1. The lowest BCUT2D eigenvalue weighted by molar-refractivity contribution is -0.135. The van der Waals surface area contributed by atoms with E-state index in [0.29, 0.717) is 23.7 Å². The highest BCUT2D eigenvalue weighted by Gasteiger charge is 2.18. The third kappa shape index (κ3) is 6.70. The van der Waals surface area contributed by atoms with Crippen LogP contribution in [0.4, 0.5) is 4.79 Å². The number of ether oxygens (including phenoxy) is 3. The Labute approximate surface area is 147 Å². The quantitative estimate of drug-likeness (QED) is 0.572. The number of nitrogens with one attached hydrogen (secondary N) is 1. The van der Waals surface area contributed by atoms with Crippen LogP contribution in [0.15, 0.2) is 23.3 Å². The van der Waals surface area contributed by atoms with Crippen LogP contribution in [-0.2, 0) is 9.53 Å². The number of likely N-dealkylation sites (N-methyl/N-ethyl adjacent to an activating group) is 1. The first-order valence-electron chi connectivity index (χ1n) is 7.99. The van der Waals surface area contributed by atoms with E-state index in [0.717, 1.165) is 0 Å². The van der Waals surface area contributed by atoms with Gasteiger partial charge in [-0.25, -0.2) is 10.2 Å². The van der Waals surface area contributed by atoms with Crippen LogP contribution in [0.2, 0.25) is 0 Å². The molecule has 1 N–H and O–H groups in total. The lowest BCUT2D eigenvalue weighted by Crippen LogP contribution is -2.35. The van der Waals surface area contributed by atoms with Crippen molar-refractivity contribution in [2.75, 3.05) is 27.3 Å². The Morgan fingerprint density at radius 1 is 1.24 bits per heavy atom. The van der Waals surface area contributed by atoms with Gasteiger partial charge in [-0.3, -0.25) is 4.79 Å². The van der Waals surface area contributed by atoms with E-state index in [1.807, 2.05) is 6.92 Å². The number of rotatable bonds is 8. The summed E-state index contributed by atoms with van der Waals surface area (Å²) in [5.41, 5.74) is 2.94. The average molecular weight is 351 g/mol. The highest BCUT2D eigenvalue weighted by molar-refractivity contribution is 5.82. The Kier molecular flexibility index (Phi) is 8.25. The molecule has 1 aromatic carbocycles. The maximum Gasteiger partial charge on any atom is 0.427 e. The van der Waals surface area contributed by atoms with Crippen LogP contribution < -0.4 is 14.9 Å². The minimum absolute atomic E-state index is 0.147. The highest BCUT2D eigenvalue weighted by atomic mass is 16.6. The molecule has 0 aromatic heterocycles. The summed E-state index contributed by atoms with van der Waals surface area (Å²) >= 11 is 0. The van der Waals surface area contributed by atoms with Gasteiger partial charge >= 0.3 is 6.09 Å². The summed E-state index contributed by atoms with van der Waals surface area (Å²) in [7, 11) is 3.34. The first kappa shape index (κ1) is 20.3. The van der Waals surface area contributed by atoms with E-state index in [2.05, 4.69) is 10.5 Å². The van der Waals surface area contributed by atoms with Gasteiger partial charge in [0.15, 0.2) is 17.6 Å². The second kappa shape index (κ2) is 10.2. The summed E-state index contributed by atoms with van der Waals surface area (Å²) in [5.74, 6) is 0.799. The number of hydrogen-bond acceptors (Lipinski definition) is 6. The first-order valence-corrected chi connectivity index (χ1v) is 7.99. The Morgan fingerprint density at radius 3 is 2.56 bits per heavy atom. The third-order valence-corrected chi connectivity index (χ3v) is 3.00. The van der Waals surface area contributed by atoms with Crippen molar-refractivity contribution in [3.05, 3.63) is 23.8 Å². The van der Waals surface area contributed by atoms with Crippen molar-refractivity contribution in [3.63, 3.8) is 0 Å². The molecular weight excluding hydrogens is 326 g/mol. The second-order valence-corrected chi connectivity index (χ2v) is 5.22. The van der Waals surface area contributed by atoms with Crippen LogP contribution in [0.25, 0.3) is 0 Å². The molecule has 0 unspecified atom stereocenters. The summed E-state index contributed by atoms with van der Waals surface area (Å²) in [4.78, 5) is 24.6. The van der Waals surface area contributed by atoms with Gasteiger partial charge in [0.05, 0.1) is 19.4 Å². The van der Waals surface area contributed by atoms with E-state index in [4.69, 9.17) is 14.2 Å². The molecule has 25 heavy (non-hydrogen) atoms. The zero-order chi connectivity index (χ0) is 18.8. The van der Waals surface area contributed by atoms with Crippen molar-refractivity contribution < 1.29 is 23.8 Å². The zero-order valence-corrected chi connectivity index (χ0v) is 15.2. The van der Waals surface area contributed by atoms with Crippen molar-refractivity contribution >= 4 is 18.2 Å². The molecule has 1 aromatic rings. The lowest BCUT2D eigenvalue weighted by Gasteiger charge is -2.20. The van der Waals surface area contributed by atoms with E-state index in [9.17, 15) is 9.59 Å². The molecule has 138 valence electrons. The van der Waals surface area contributed by atoms with Gasteiger partial charge < -0.3 is 19.1 Å². The number of carbonyl (C=O) groups is 2. The van der Waals surface area contributed by atoms with Gasteiger partial charge in [-0.1, -0.05) is 0 Å². The molecule has 0 radical (unpaired) electrons. The first-order chi connectivity index (χ1) is 11.9. The molecule has 8 nitrogen and oxygen atoms in total. The largest absolute Gasteiger partial charge is 0.490 e. The Morgan fingerprint density at radius 2 is 1.96 bits per heavy atom. The smallest absolute Gasteiger partial charge is 0.427 e. The van der Waals surface area contributed by atoms with Gasteiger partial charge in [-0.15, -0.1) is 0 Å². The number of hydrogen-bond donors (Lipinski definition) is 1. The van der Waals surface area contributed by atoms with Gasteiger partial charge in [0.25, 0.3) is 5.91 Å². The number of benzene rings is 1. The van der Waals surface area contributed by atoms with Gasteiger partial charge in [0.1, 0.15) is 0 Å². The number of nitrogens with zero attached hydrogens (tertiary/aromatic N) is 2. The van der Waals surface area contributed by atoms with E-state index in [1.165, 1.54) is 11.1 Å². The predicted molar refractivity (Wildman–Crippen MR) is 94.1 cm³/mol. The Bertz CT molecular complexity index is 616. The molecule has 0 spiro atoms. The van der Waals surface area contributed by atoms with Gasteiger partial charge in [0, 0.05) is 14.1 Å². The van der Waals surface area contributed by atoms with E-state index < -0.39 is 12.2 Å². The standard InChI is InChI=1S/C17H25N3O5/c1-6-23-15-10-13(11-18-19-17(22)24-7-2)8-9-14(15)25-12(3)16(21)20(4)5/h8-12H,6-7H2,1-5H3,(H,19,22)/b18-11-/t12-/m1/s1. The van der Waals surface area contributed by atoms with E-state index in [-0.39, 0.29) is 12.5 Å². The van der Waals surface area contributed by atoms with E-state index in [1.54, 1.807) is 46.1 Å². The molecule has 0 aliphatic heterocycles. The SMILES string of the molecule is CCOC(=O)N/N=C\c1ccc(O[C@H](C)C(=O)N(C)C)c(OCC)c1. The minimum Gasteiger partial charge on any atom is -0.490 e. The molecule has 0 fully saturated rings. The van der Waals surface area contributed by atoms with Crippen LogP contribution in [0.1, 0.15) is 26.3 Å². The molecule has 2 amide bonds. The molecule has 0 aliphatic carbocycles. The molecule has 8 heteroatoms. The maximum atomic E-state index is 11.9. The van der Waals surface area contributed by atoms with Crippen molar-refractivity contribution in [3.8, 4) is 11.5 Å². The fourth-order valence-corrected chi connectivity index (χ4v) is 1.90. The van der Waals surface area contributed by atoms with Crippen LogP contribution in [-0.4, -0.2) is 56.5 Å². The minimum atomic E-state index is -0.640. The summed E-state index contributed by atoms with van der Waals surface area (Å²) in [6.07, 6.45) is 0.191. The van der Waals surface area contributed by atoms with Crippen molar-refractivity contribution in [2.24, 2.45) is 5.10 Å². The topological polar surface area (TPSA) is 89.5 Å². The normalized spacial score (nSPS) is 11.7. The van der Waals surface area contributed by atoms with Crippen LogP contribution in [0, 0.1) is 0 Å². The highest BCUT2D eigenvalue weighted by Crippen LogP contribution is 2.29. The molecule has 0 saturated carbocycles. The van der Waals surface area contributed by atoms with Gasteiger partial charge in [-0.05, 0) is 44.5 Å². The van der Waals surface area contributed by atoms with Crippen LogP contribution >= 0.6 is 0 Å². The van der Waals surface area contributed by atoms with Crippen LogP contribution in [0.5, 0.6) is 11.5 Å². The van der Waals surface area contributed by atoms with Crippen molar-refractivity contribution in [1.82, 2.24) is 10.3 Å². The molecule has 0 aliphatic rings. The summed E-state index contributed by atoms with van der Waals surface area (Å²) in [6.45, 7) is 5.94. The number of amides is 2. The maximum absolute atomic E-state index is 11.9. The van der Waals surface area contributed by atoms with Crippen LogP contribution in [0.3, 0.4) is 0 Å². The molecule has 1 rings (SSSR count). The monoisotopic (exact) mass is 351 g/mol. The lowest BCUT2D eigenvalue weighted by atomic mass is 10.2. The third-order valence-electron chi connectivity index (χ3n) is 3.00. The number of carbonyl (C=O) groups excluding carboxylic acids is 2. The zero-order valence-electron chi connectivity index (χ0n) is 15.2. The predicted octanol–water partition coefficient (Wildman–Crippen LogP) is 2.02. The molecule has 0 saturated heterocycles. The Hall–Kier alpha value is -2.77. The summed E-state index contributed by atoms with van der Waals surface area (Å²) in [6, 6.07) is 5.14. The molecule has 0 bridgehead atoms. The fraction of sp³-hybridized carbons (Fsp3) is 0.471. The summed E-state index contributed by atoms with van der Waals surface area (Å²) < 4.78 is 16.0. The Balaban J connectivity index is 2.86.